The highest BCUT2D eigenvalue weighted by Gasteiger charge is 2.11. The second kappa shape index (κ2) is 8.76. The molecule has 0 aliphatic carbocycles. The van der Waals surface area contributed by atoms with E-state index in [1.165, 1.54) is 5.56 Å². The zero-order chi connectivity index (χ0) is 18.2. The molecule has 3 rings (SSSR count). The highest BCUT2D eigenvalue weighted by Crippen LogP contribution is 2.13. The van der Waals surface area contributed by atoms with E-state index >= 15 is 0 Å². The molecule has 1 heterocycles. The zero-order valence-corrected chi connectivity index (χ0v) is 14.8. The number of hydrogen-bond acceptors (Lipinski definition) is 4. The lowest BCUT2D eigenvalue weighted by atomic mass is 10.2. The first-order valence-corrected chi connectivity index (χ1v) is 8.71. The van der Waals surface area contributed by atoms with Crippen molar-refractivity contribution in [3.05, 3.63) is 89.6 Å². The standard InChI is InChI=1S/C21H22N4O/c1-2-25(16-18-11-7-4-8-12-18)20-14-13-19(23-24-20)21(26)22-15-17-9-5-3-6-10-17/h3-14H,2,15-16H2,1H3,(H,22,26). The van der Waals surface area contributed by atoms with Crippen LogP contribution in [-0.2, 0) is 13.1 Å². The SMILES string of the molecule is CCN(Cc1ccccc1)c1ccc(C(=O)NCc2ccccc2)nn1. The fourth-order valence-corrected chi connectivity index (χ4v) is 2.64. The van der Waals surface area contributed by atoms with Crippen molar-refractivity contribution in [1.82, 2.24) is 15.5 Å². The summed E-state index contributed by atoms with van der Waals surface area (Å²) in [5.74, 6) is 0.537. The normalized spacial score (nSPS) is 10.3. The summed E-state index contributed by atoms with van der Waals surface area (Å²) in [7, 11) is 0. The number of nitrogens with one attached hydrogen (secondary N) is 1. The van der Waals surface area contributed by atoms with Crippen molar-refractivity contribution in [2.45, 2.75) is 20.0 Å². The summed E-state index contributed by atoms with van der Waals surface area (Å²) in [5.41, 5.74) is 2.58. The first-order chi connectivity index (χ1) is 12.8. The van der Waals surface area contributed by atoms with E-state index in [4.69, 9.17) is 0 Å². The third kappa shape index (κ3) is 4.66. The monoisotopic (exact) mass is 346 g/mol. The number of carbonyl (C=O) groups is 1. The lowest BCUT2D eigenvalue weighted by molar-refractivity contribution is 0.0945. The van der Waals surface area contributed by atoms with Crippen molar-refractivity contribution in [3.63, 3.8) is 0 Å². The van der Waals surface area contributed by atoms with Crippen LogP contribution in [0.25, 0.3) is 0 Å². The Morgan fingerprint density at radius 2 is 1.54 bits per heavy atom. The van der Waals surface area contributed by atoms with Crippen molar-refractivity contribution < 1.29 is 4.79 Å². The van der Waals surface area contributed by atoms with Gasteiger partial charge in [-0.25, -0.2) is 0 Å². The first kappa shape index (κ1) is 17.6. The molecule has 132 valence electrons. The highest BCUT2D eigenvalue weighted by molar-refractivity contribution is 5.92. The minimum Gasteiger partial charge on any atom is -0.351 e. The third-order valence-electron chi connectivity index (χ3n) is 4.10. The van der Waals surface area contributed by atoms with Crippen molar-refractivity contribution in [1.29, 1.82) is 0 Å². The number of hydrogen-bond donors (Lipinski definition) is 1. The Bertz CT molecular complexity index is 820. The van der Waals surface area contributed by atoms with E-state index in [1.807, 2.05) is 54.6 Å². The van der Waals surface area contributed by atoms with Gasteiger partial charge in [-0.3, -0.25) is 4.79 Å². The number of carbonyl (C=O) groups excluding carboxylic acids is 1. The molecule has 0 saturated carbocycles. The van der Waals surface area contributed by atoms with Crippen molar-refractivity contribution in [2.24, 2.45) is 0 Å². The Kier molecular flexibility index (Phi) is 5.93. The molecule has 0 aliphatic rings. The topological polar surface area (TPSA) is 58.1 Å². The molecule has 1 amide bonds. The van der Waals surface area contributed by atoms with Crippen molar-refractivity contribution in [2.75, 3.05) is 11.4 Å². The lowest BCUT2D eigenvalue weighted by Gasteiger charge is -2.21. The smallest absolute Gasteiger partial charge is 0.272 e. The van der Waals surface area contributed by atoms with Gasteiger partial charge in [0.05, 0.1) is 0 Å². The summed E-state index contributed by atoms with van der Waals surface area (Å²) in [5, 5.41) is 11.2. The van der Waals surface area contributed by atoms with Gasteiger partial charge in [-0.05, 0) is 30.2 Å². The Morgan fingerprint density at radius 1 is 0.885 bits per heavy atom. The van der Waals surface area contributed by atoms with Gasteiger partial charge in [-0.1, -0.05) is 60.7 Å². The molecular weight excluding hydrogens is 324 g/mol. The second-order valence-electron chi connectivity index (χ2n) is 5.94. The summed E-state index contributed by atoms with van der Waals surface area (Å²) in [6.45, 7) is 4.11. The largest absolute Gasteiger partial charge is 0.351 e. The molecule has 5 heteroatoms. The third-order valence-corrected chi connectivity index (χ3v) is 4.10. The Morgan fingerprint density at radius 3 is 2.12 bits per heavy atom. The number of nitrogens with zero attached hydrogens (tertiary/aromatic N) is 3. The van der Waals surface area contributed by atoms with Crippen LogP contribution in [0.3, 0.4) is 0 Å². The van der Waals surface area contributed by atoms with Crippen LogP contribution in [0.4, 0.5) is 5.82 Å². The van der Waals surface area contributed by atoms with Gasteiger partial charge in [0.1, 0.15) is 0 Å². The van der Waals surface area contributed by atoms with E-state index in [9.17, 15) is 4.79 Å². The summed E-state index contributed by atoms with van der Waals surface area (Å²) in [6, 6.07) is 23.6. The van der Waals surface area contributed by atoms with Crippen LogP contribution in [0.15, 0.2) is 72.8 Å². The predicted molar refractivity (Wildman–Crippen MR) is 103 cm³/mol. The molecule has 0 unspecified atom stereocenters. The molecule has 0 aliphatic heterocycles. The predicted octanol–water partition coefficient (Wildman–Crippen LogP) is 3.43. The maximum absolute atomic E-state index is 12.2. The van der Waals surface area contributed by atoms with E-state index in [-0.39, 0.29) is 5.91 Å². The lowest BCUT2D eigenvalue weighted by Crippen LogP contribution is -2.26. The van der Waals surface area contributed by atoms with Gasteiger partial charge in [0.25, 0.3) is 5.91 Å². The van der Waals surface area contributed by atoms with E-state index < -0.39 is 0 Å². The van der Waals surface area contributed by atoms with E-state index in [0.717, 1.165) is 24.5 Å². The van der Waals surface area contributed by atoms with Gasteiger partial charge in [0.2, 0.25) is 0 Å². The molecule has 26 heavy (non-hydrogen) atoms. The molecular formula is C21H22N4O. The van der Waals surface area contributed by atoms with Crippen LogP contribution < -0.4 is 10.2 Å². The Balaban J connectivity index is 1.62. The van der Waals surface area contributed by atoms with E-state index in [1.54, 1.807) is 6.07 Å². The molecule has 0 saturated heterocycles. The Labute approximate surface area is 153 Å². The molecule has 1 aromatic heterocycles. The number of aromatic nitrogens is 2. The molecule has 0 atom stereocenters. The van der Waals surface area contributed by atoms with E-state index in [0.29, 0.717) is 12.2 Å². The van der Waals surface area contributed by atoms with Crippen molar-refractivity contribution >= 4 is 11.7 Å². The van der Waals surface area contributed by atoms with E-state index in [2.05, 4.69) is 39.5 Å². The number of rotatable bonds is 7. The molecule has 2 aromatic carbocycles. The van der Waals surface area contributed by atoms with Crippen LogP contribution in [0, 0.1) is 0 Å². The van der Waals surface area contributed by atoms with Crippen LogP contribution in [0.1, 0.15) is 28.5 Å². The van der Waals surface area contributed by atoms with Crippen LogP contribution in [0.5, 0.6) is 0 Å². The maximum atomic E-state index is 12.2. The zero-order valence-electron chi connectivity index (χ0n) is 14.8. The number of amides is 1. The number of anilines is 1. The highest BCUT2D eigenvalue weighted by atomic mass is 16.1. The summed E-state index contributed by atoms with van der Waals surface area (Å²) in [6.07, 6.45) is 0. The summed E-state index contributed by atoms with van der Waals surface area (Å²) < 4.78 is 0. The molecule has 5 nitrogen and oxygen atoms in total. The van der Waals surface area contributed by atoms with Crippen molar-refractivity contribution in [3.8, 4) is 0 Å². The molecule has 0 spiro atoms. The van der Waals surface area contributed by atoms with Gasteiger partial charge in [0, 0.05) is 19.6 Å². The quantitative estimate of drug-likeness (QED) is 0.712. The average Bonchev–Trinajstić information content (AvgIpc) is 2.72. The maximum Gasteiger partial charge on any atom is 0.272 e. The molecule has 0 radical (unpaired) electrons. The molecule has 1 N–H and O–H groups in total. The van der Waals surface area contributed by atoms with Gasteiger partial charge in [0.15, 0.2) is 11.5 Å². The average molecular weight is 346 g/mol. The summed E-state index contributed by atoms with van der Waals surface area (Å²) in [4.78, 5) is 14.4. The molecule has 3 aromatic rings. The second-order valence-corrected chi connectivity index (χ2v) is 5.94. The summed E-state index contributed by atoms with van der Waals surface area (Å²) >= 11 is 0. The van der Waals surface area contributed by atoms with Crippen LogP contribution >= 0.6 is 0 Å². The molecule has 0 fully saturated rings. The first-order valence-electron chi connectivity index (χ1n) is 8.71. The number of benzene rings is 2. The molecule has 0 bridgehead atoms. The fraction of sp³-hybridized carbons (Fsp3) is 0.190. The van der Waals surface area contributed by atoms with Gasteiger partial charge < -0.3 is 10.2 Å². The van der Waals surface area contributed by atoms with Crippen LogP contribution in [-0.4, -0.2) is 22.6 Å². The fourth-order valence-electron chi connectivity index (χ4n) is 2.64. The van der Waals surface area contributed by atoms with Gasteiger partial charge >= 0.3 is 0 Å². The van der Waals surface area contributed by atoms with Gasteiger partial charge in [-0.2, -0.15) is 0 Å². The van der Waals surface area contributed by atoms with Gasteiger partial charge in [-0.15, -0.1) is 10.2 Å². The van der Waals surface area contributed by atoms with Crippen LogP contribution in [0.2, 0.25) is 0 Å². The minimum atomic E-state index is -0.223. The minimum absolute atomic E-state index is 0.223. The Hall–Kier alpha value is -3.21.